The van der Waals surface area contributed by atoms with Gasteiger partial charge in [-0.1, -0.05) is 12.1 Å². The van der Waals surface area contributed by atoms with Gasteiger partial charge in [0.2, 0.25) is 0 Å². The van der Waals surface area contributed by atoms with Gasteiger partial charge in [0.25, 0.3) is 5.91 Å². The Labute approximate surface area is 132 Å². The Morgan fingerprint density at radius 1 is 1.24 bits per heavy atom. The summed E-state index contributed by atoms with van der Waals surface area (Å²) in [4.78, 5) is 23.1. The average Bonchev–Trinajstić information content (AvgIpc) is 2.48. The van der Waals surface area contributed by atoms with E-state index in [1.807, 2.05) is 0 Å². The first kappa shape index (κ1) is 17.7. The molecule has 1 saturated heterocycles. The molecule has 0 bridgehead atoms. The van der Waals surface area contributed by atoms with Crippen molar-refractivity contribution in [2.24, 2.45) is 5.92 Å². The maximum absolute atomic E-state index is 12.0. The highest BCUT2D eigenvalue weighted by Crippen LogP contribution is 2.13. The van der Waals surface area contributed by atoms with Gasteiger partial charge < -0.3 is 10.6 Å². The SMILES string of the molecule is CC(=O)c1ccc(C(=O)NCCC2CCCNC2)cc1.Cl. The number of piperidine rings is 1. The van der Waals surface area contributed by atoms with Crippen molar-refractivity contribution in [2.75, 3.05) is 19.6 Å². The zero-order valence-corrected chi connectivity index (χ0v) is 13.2. The van der Waals surface area contributed by atoms with E-state index < -0.39 is 0 Å². The third-order valence-corrected chi connectivity index (χ3v) is 3.79. The Bertz CT molecular complexity index is 468. The second-order valence-corrected chi connectivity index (χ2v) is 5.39. The number of halogens is 1. The van der Waals surface area contributed by atoms with Gasteiger partial charge in [0.15, 0.2) is 5.78 Å². The fraction of sp³-hybridized carbons (Fsp3) is 0.500. The zero-order valence-electron chi connectivity index (χ0n) is 12.4. The lowest BCUT2D eigenvalue weighted by Gasteiger charge is -2.22. The summed E-state index contributed by atoms with van der Waals surface area (Å²) >= 11 is 0. The van der Waals surface area contributed by atoms with E-state index in [-0.39, 0.29) is 24.1 Å². The zero-order chi connectivity index (χ0) is 14.4. The monoisotopic (exact) mass is 310 g/mol. The molecular weight excluding hydrogens is 288 g/mol. The van der Waals surface area contributed by atoms with Crippen LogP contribution in [0.15, 0.2) is 24.3 Å². The van der Waals surface area contributed by atoms with Crippen molar-refractivity contribution in [3.63, 3.8) is 0 Å². The normalized spacial score (nSPS) is 17.7. The summed E-state index contributed by atoms with van der Waals surface area (Å²) in [6, 6.07) is 6.80. The molecule has 1 fully saturated rings. The number of hydrogen-bond acceptors (Lipinski definition) is 3. The molecule has 1 unspecified atom stereocenters. The van der Waals surface area contributed by atoms with Crippen molar-refractivity contribution in [2.45, 2.75) is 26.2 Å². The van der Waals surface area contributed by atoms with Crippen LogP contribution in [-0.2, 0) is 0 Å². The van der Waals surface area contributed by atoms with Gasteiger partial charge in [0, 0.05) is 17.7 Å². The molecule has 5 heteroatoms. The van der Waals surface area contributed by atoms with Crippen LogP contribution in [0.3, 0.4) is 0 Å². The summed E-state index contributed by atoms with van der Waals surface area (Å²) in [5.74, 6) is 0.620. The standard InChI is InChI=1S/C16H22N2O2.ClH/c1-12(19)14-4-6-15(7-5-14)16(20)18-10-8-13-3-2-9-17-11-13;/h4-7,13,17H,2-3,8-11H2,1H3,(H,18,20);1H. The van der Waals surface area contributed by atoms with Crippen LogP contribution in [0.5, 0.6) is 0 Å². The highest BCUT2D eigenvalue weighted by Gasteiger charge is 2.13. The Morgan fingerprint density at radius 2 is 1.90 bits per heavy atom. The number of rotatable bonds is 5. The van der Waals surface area contributed by atoms with Crippen molar-refractivity contribution >= 4 is 24.1 Å². The second-order valence-electron chi connectivity index (χ2n) is 5.39. The second kappa shape index (κ2) is 8.80. The van der Waals surface area contributed by atoms with Crippen molar-refractivity contribution in [1.82, 2.24) is 10.6 Å². The fourth-order valence-corrected chi connectivity index (χ4v) is 2.52. The van der Waals surface area contributed by atoms with Gasteiger partial charge in [-0.2, -0.15) is 0 Å². The van der Waals surface area contributed by atoms with Crippen molar-refractivity contribution in [1.29, 1.82) is 0 Å². The molecule has 1 aromatic carbocycles. The number of benzene rings is 1. The maximum Gasteiger partial charge on any atom is 0.251 e. The van der Waals surface area contributed by atoms with Crippen LogP contribution >= 0.6 is 12.4 Å². The van der Waals surface area contributed by atoms with Gasteiger partial charge >= 0.3 is 0 Å². The molecule has 2 N–H and O–H groups in total. The number of nitrogens with one attached hydrogen (secondary N) is 2. The van der Waals surface area contributed by atoms with E-state index >= 15 is 0 Å². The van der Waals surface area contributed by atoms with Crippen LogP contribution in [0.1, 0.15) is 46.9 Å². The molecule has 4 nitrogen and oxygen atoms in total. The molecule has 0 spiro atoms. The molecule has 1 aliphatic rings. The summed E-state index contributed by atoms with van der Waals surface area (Å²) in [6.45, 7) is 4.40. The molecule has 1 aromatic rings. The topological polar surface area (TPSA) is 58.2 Å². The van der Waals surface area contributed by atoms with E-state index in [4.69, 9.17) is 0 Å². The maximum atomic E-state index is 12.0. The molecule has 1 amide bonds. The first-order valence-corrected chi connectivity index (χ1v) is 7.27. The number of ketones is 1. The Kier molecular flexibility index (Phi) is 7.40. The third kappa shape index (κ3) is 5.48. The summed E-state index contributed by atoms with van der Waals surface area (Å²) in [5.41, 5.74) is 1.24. The molecule has 1 aliphatic heterocycles. The smallest absolute Gasteiger partial charge is 0.251 e. The lowest BCUT2D eigenvalue weighted by molar-refractivity contribution is 0.0948. The molecule has 21 heavy (non-hydrogen) atoms. The third-order valence-electron chi connectivity index (χ3n) is 3.79. The summed E-state index contributed by atoms with van der Waals surface area (Å²) < 4.78 is 0. The fourth-order valence-electron chi connectivity index (χ4n) is 2.52. The molecule has 2 rings (SSSR count). The van der Waals surface area contributed by atoms with E-state index in [9.17, 15) is 9.59 Å². The van der Waals surface area contributed by atoms with Crippen LogP contribution in [0, 0.1) is 5.92 Å². The van der Waals surface area contributed by atoms with Crippen LogP contribution < -0.4 is 10.6 Å². The van der Waals surface area contributed by atoms with E-state index in [2.05, 4.69) is 10.6 Å². The quantitative estimate of drug-likeness (QED) is 0.821. The van der Waals surface area contributed by atoms with E-state index in [0.29, 0.717) is 23.6 Å². The minimum Gasteiger partial charge on any atom is -0.352 e. The largest absolute Gasteiger partial charge is 0.352 e. The first-order valence-electron chi connectivity index (χ1n) is 7.27. The average molecular weight is 311 g/mol. The summed E-state index contributed by atoms with van der Waals surface area (Å²) in [5, 5.41) is 6.32. The molecule has 116 valence electrons. The number of Topliss-reactive ketones (excluding diaryl/α,β-unsaturated/α-hetero) is 1. The molecule has 1 heterocycles. The van der Waals surface area contributed by atoms with Gasteiger partial charge in [-0.05, 0) is 57.3 Å². The number of amides is 1. The van der Waals surface area contributed by atoms with E-state index in [1.54, 1.807) is 24.3 Å². The number of carbonyl (C=O) groups excluding carboxylic acids is 2. The Balaban J connectivity index is 0.00000220. The molecule has 0 radical (unpaired) electrons. The van der Waals surface area contributed by atoms with Crippen LogP contribution in [0.2, 0.25) is 0 Å². The van der Waals surface area contributed by atoms with Crippen LogP contribution in [0.4, 0.5) is 0 Å². The Hall–Kier alpha value is -1.39. The van der Waals surface area contributed by atoms with Crippen molar-refractivity contribution in [3.05, 3.63) is 35.4 Å². The number of hydrogen-bond donors (Lipinski definition) is 2. The van der Waals surface area contributed by atoms with Gasteiger partial charge in [-0.25, -0.2) is 0 Å². The van der Waals surface area contributed by atoms with Crippen LogP contribution in [0.25, 0.3) is 0 Å². The molecule has 1 atom stereocenters. The van der Waals surface area contributed by atoms with Gasteiger partial charge in [0.1, 0.15) is 0 Å². The summed E-state index contributed by atoms with van der Waals surface area (Å²) in [7, 11) is 0. The minimum atomic E-state index is -0.0659. The van der Waals surface area contributed by atoms with Gasteiger partial charge in [0.05, 0.1) is 0 Å². The highest BCUT2D eigenvalue weighted by atomic mass is 35.5. The Morgan fingerprint density at radius 3 is 2.48 bits per heavy atom. The minimum absolute atomic E-state index is 0. The van der Waals surface area contributed by atoms with Gasteiger partial charge in [-0.3, -0.25) is 9.59 Å². The predicted octanol–water partition coefficient (Wildman–Crippen LogP) is 2.43. The lowest BCUT2D eigenvalue weighted by atomic mass is 9.96. The molecule has 0 aromatic heterocycles. The highest BCUT2D eigenvalue weighted by molar-refractivity contribution is 5.97. The summed E-state index contributed by atoms with van der Waals surface area (Å²) in [6.07, 6.45) is 3.49. The number of carbonyl (C=O) groups is 2. The molecule has 0 aliphatic carbocycles. The van der Waals surface area contributed by atoms with Crippen molar-refractivity contribution < 1.29 is 9.59 Å². The van der Waals surface area contributed by atoms with Gasteiger partial charge in [-0.15, -0.1) is 12.4 Å². The molecule has 0 saturated carbocycles. The first-order chi connectivity index (χ1) is 9.66. The lowest BCUT2D eigenvalue weighted by Crippen LogP contribution is -2.33. The van der Waals surface area contributed by atoms with E-state index in [0.717, 1.165) is 19.5 Å². The van der Waals surface area contributed by atoms with Crippen molar-refractivity contribution in [3.8, 4) is 0 Å². The predicted molar refractivity (Wildman–Crippen MR) is 86.2 cm³/mol. The van der Waals surface area contributed by atoms with E-state index in [1.165, 1.54) is 19.8 Å². The van der Waals surface area contributed by atoms with Crippen LogP contribution in [-0.4, -0.2) is 31.3 Å². The molecular formula is C16H23ClN2O2.